The maximum Gasteiger partial charge on any atom is 0.167 e. The van der Waals surface area contributed by atoms with Gasteiger partial charge in [-0.25, -0.2) is 4.39 Å². The number of hydrogen-bond acceptors (Lipinski definition) is 3. The van der Waals surface area contributed by atoms with Gasteiger partial charge < -0.3 is 10.5 Å². The first-order valence-electron chi connectivity index (χ1n) is 4.70. The lowest BCUT2D eigenvalue weighted by atomic mass is 10.0. The zero-order valence-corrected chi connectivity index (χ0v) is 8.63. The van der Waals surface area contributed by atoms with Crippen LogP contribution in [-0.2, 0) is 11.3 Å². The average molecular weight is 211 g/mol. The van der Waals surface area contributed by atoms with Gasteiger partial charge in [-0.05, 0) is 12.6 Å². The lowest BCUT2D eigenvalue weighted by Gasteiger charge is -2.06. The molecule has 0 unspecified atom stereocenters. The molecule has 0 saturated carbocycles. The predicted molar refractivity (Wildman–Crippen MR) is 55.1 cm³/mol. The molecule has 15 heavy (non-hydrogen) atoms. The number of halogens is 1. The molecule has 4 heteroatoms. The van der Waals surface area contributed by atoms with Gasteiger partial charge in [0.25, 0.3) is 0 Å². The standard InChI is InChI=1S/C11H14FNO2/c1-15-7-8-3-2-4-9(11(8)12)10(14)5-6-13/h2-4H,5-7,13H2,1H3. The summed E-state index contributed by atoms with van der Waals surface area (Å²) in [7, 11) is 1.48. The number of benzene rings is 1. The summed E-state index contributed by atoms with van der Waals surface area (Å²) in [6, 6.07) is 4.70. The maximum atomic E-state index is 13.7. The molecule has 0 amide bonds. The summed E-state index contributed by atoms with van der Waals surface area (Å²) in [6.45, 7) is 0.391. The Morgan fingerprint density at radius 3 is 2.87 bits per heavy atom. The van der Waals surface area contributed by atoms with Gasteiger partial charge in [-0.15, -0.1) is 0 Å². The summed E-state index contributed by atoms with van der Waals surface area (Å²) in [4.78, 5) is 11.5. The van der Waals surface area contributed by atoms with E-state index >= 15 is 0 Å². The molecule has 0 aliphatic rings. The molecule has 0 aliphatic carbocycles. The minimum absolute atomic E-state index is 0.0926. The van der Waals surface area contributed by atoms with Crippen LogP contribution in [0.3, 0.4) is 0 Å². The van der Waals surface area contributed by atoms with E-state index in [2.05, 4.69) is 0 Å². The Hall–Kier alpha value is -1.26. The van der Waals surface area contributed by atoms with Gasteiger partial charge in [0.05, 0.1) is 12.2 Å². The Balaban J connectivity index is 2.98. The average Bonchev–Trinajstić information content (AvgIpc) is 2.22. The predicted octanol–water partition coefficient (Wildman–Crippen LogP) is 1.50. The number of ether oxygens (including phenoxy) is 1. The van der Waals surface area contributed by atoms with Crippen LogP contribution in [-0.4, -0.2) is 19.4 Å². The van der Waals surface area contributed by atoms with Crippen LogP contribution in [0.1, 0.15) is 22.3 Å². The quantitative estimate of drug-likeness (QED) is 0.751. The molecule has 0 spiro atoms. The zero-order valence-electron chi connectivity index (χ0n) is 8.63. The summed E-state index contributed by atoms with van der Waals surface area (Å²) in [5.74, 6) is -0.772. The summed E-state index contributed by atoms with van der Waals surface area (Å²) in [5.41, 5.74) is 5.73. The monoisotopic (exact) mass is 211 g/mol. The number of rotatable bonds is 5. The molecule has 1 aromatic rings. The normalized spacial score (nSPS) is 10.3. The summed E-state index contributed by atoms with van der Waals surface area (Å²) in [5, 5.41) is 0. The fraction of sp³-hybridized carbons (Fsp3) is 0.364. The molecule has 1 rings (SSSR count). The largest absolute Gasteiger partial charge is 0.380 e. The van der Waals surface area contributed by atoms with E-state index in [0.717, 1.165) is 0 Å². The van der Waals surface area contributed by atoms with E-state index in [1.165, 1.54) is 13.2 Å². The van der Waals surface area contributed by atoms with E-state index in [0.29, 0.717) is 5.56 Å². The molecule has 1 aromatic carbocycles. The Labute approximate surface area is 88.0 Å². The molecule has 0 heterocycles. The van der Waals surface area contributed by atoms with Crippen molar-refractivity contribution in [3.05, 3.63) is 35.1 Å². The first-order valence-corrected chi connectivity index (χ1v) is 4.70. The topological polar surface area (TPSA) is 52.3 Å². The van der Waals surface area contributed by atoms with Crippen LogP contribution in [0.4, 0.5) is 4.39 Å². The first-order chi connectivity index (χ1) is 7.20. The third kappa shape index (κ3) is 2.84. The third-order valence-electron chi connectivity index (χ3n) is 2.05. The van der Waals surface area contributed by atoms with Crippen molar-refractivity contribution in [3.63, 3.8) is 0 Å². The smallest absolute Gasteiger partial charge is 0.167 e. The van der Waals surface area contributed by atoms with Crippen molar-refractivity contribution in [2.24, 2.45) is 5.73 Å². The van der Waals surface area contributed by atoms with Gasteiger partial charge in [-0.1, -0.05) is 12.1 Å². The molecule has 0 saturated heterocycles. The van der Waals surface area contributed by atoms with E-state index in [9.17, 15) is 9.18 Å². The second-order valence-corrected chi connectivity index (χ2v) is 3.17. The first kappa shape index (κ1) is 11.8. The SMILES string of the molecule is COCc1cccc(C(=O)CCN)c1F. The molecule has 2 N–H and O–H groups in total. The fourth-order valence-electron chi connectivity index (χ4n) is 1.33. The van der Waals surface area contributed by atoms with Crippen LogP contribution in [0.2, 0.25) is 0 Å². The van der Waals surface area contributed by atoms with Crippen LogP contribution in [0.25, 0.3) is 0 Å². The Morgan fingerprint density at radius 1 is 1.53 bits per heavy atom. The van der Waals surface area contributed by atoms with Crippen molar-refractivity contribution in [2.45, 2.75) is 13.0 Å². The number of carbonyl (C=O) groups excluding carboxylic acids is 1. The number of ketones is 1. The van der Waals surface area contributed by atoms with E-state index < -0.39 is 5.82 Å². The van der Waals surface area contributed by atoms with Gasteiger partial charge in [0.15, 0.2) is 5.78 Å². The molecular weight excluding hydrogens is 197 g/mol. The van der Waals surface area contributed by atoms with E-state index in [-0.39, 0.29) is 30.9 Å². The van der Waals surface area contributed by atoms with Gasteiger partial charge in [0, 0.05) is 19.1 Å². The minimum atomic E-state index is -0.502. The number of nitrogens with two attached hydrogens (primary N) is 1. The van der Waals surface area contributed by atoms with Gasteiger partial charge >= 0.3 is 0 Å². The van der Waals surface area contributed by atoms with Crippen molar-refractivity contribution in [1.29, 1.82) is 0 Å². The lowest BCUT2D eigenvalue weighted by molar-refractivity contribution is 0.0980. The van der Waals surface area contributed by atoms with Crippen molar-refractivity contribution in [3.8, 4) is 0 Å². The molecule has 3 nitrogen and oxygen atoms in total. The third-order valence-corrected chi connectivity index (χ3v) is 2.05. The molecule has 0 fully saturated rings. The Bertz CT molecular complexity index is 352. The summed E-state index contributed by atoms with van der Waals surface area (Å²) < 4.78 is 18.5. The number of methoxy groups -OCH3 is 1. The highest BCUT2D eigenvalue weighted by molar-refractivity contribution is 5.96. The number of hydrogen-bond donors (Lipinski definition) is 1. The second kappa shape index (κ2) is 5.58. The Kier molecular flexibility index (Phi) is 4.39. The zero-order chi connectivity index (χ0) is 11.3. The van der Waals surface area contributed by atoms with Gasteiger partial charge in [-0.3, -0.25) is 4.79 Å². The molecule has 82 valence electrons. The summed E-state index contributed by atoms with van der Waals surface area (Å²) >= 11 is 0. The Morgan fingerprint density at radius 2 is 2.27 bits per heavy atom. The fourth-order valence-corrected chi connectivity index (χ4v) is 1.33. The molecule has 0 radical (unpaired) electrons. The van der Waals surface area contributed by atoms with Crippen LogP contribution in [0.15, 0.2) is 18.2 Å². The molecule has 0 aromatic heterocycles. The van der Waals surface area contributed by atoms with E-state index in [1.807, 2.05) is 0 Å². The van der Waals surface area contributed by atoms with Gasteiger partial charge in [0.1, 0.15) is 5.82 Å². The molecule has 0 atom stereocenters. The van der Waals surface area contributed by atoms with Crippen molar-refractivity contribution in [2.75, 3.05) is 13.7 Å². The molecule has 0 bridgehead atoms. The highest BCUT2D eigenvalue weighted by Gasteiger charge is 2.13. The van der Waals surface area contributed by atoms with Crippen molar-refractivity contribution < 1.29 is 13.9 Å². The van der Waals surface area contributed by atoms with Crippen LogP contribution >= 0.6 is 0 Å². The lowest BCUT2D eigenvalue weighted by Crippen LogP contribution is -2.11. The van der Waals surface area contributed by atoms with E-state index in [4.69, 9.17) is 10.5 Å². The highest BCUT2D eigenvalue weighted by Crippen LogP contribution is 2.15. The van der Waals surface area contributed by atoms with Crippen molar-refractivity contribution >= 4 is 5.78 Å². The summed E-state index contributed by atoms with van der Waals surface area (Å²) in [6.07, 6.45) is 0.160. The number of carbonyl (C=O) groups is 1. The van der Waals surface area contributed by atoms with Gasteiger partial charge in [-0.2, -0.15) is 0 Å². The maximum absolute atomic E-state index is 13.7. The van der Waals surface area contributed by atoms with Crippen LogP contribution in [0.5, 0.6) is 0 Å². The highest BCUT2D eigenvalue weighted by atomic mass is 19.1. The number of Topliss-reactive ketones (excluding diaryl/α,β-unsaturated/α-hetero) is 1. The second-order valence-electron chi connectivity index (χ2n) is 3.17. The minimum Gasteiger partial charge on any atom is -0.380 e. The van der Waals surface area contributed by atoms with E-state index in [1.54, 1.807) is 12.1 Å². The van der Waals surface area contributed by atoms with Gasteiger partial charge in [0.2, 0.25) is 0 Å². The van der Waals surface area contributed by atoms with Crippen LogP contribution < -0.4 is 5.73 Å². The van der Waals surface area contributed by atoms with Crippen LogP contribution in [0, 0.1) is 5.82 Å². The molecular formula is C11H14FNO2. The van der Waals surface area contributed by atoms with Crippen molar-refractivity contribution in [1.82, 2.24) is 0 Å². The molecule has 0 aliphatic heterocycles.